The fourth-order valence-corrected chi connectivity index (χ4v) is 2.86. The molecule has 1 N–H and O–H groups in total. The third-order valence-corrected chi connectivity index (χ3v) is 4.22. The van der Waals surface area contributed by atoms with Crippen LogP contribution < -0.4 is 5.32 Å². The van der Waals surface area contributed by atoms with Crippen LogP contribution in [0.3, 0.4) is 0 Å². The van der Waals surface area contributed by atoms with E-state index in [1.54, 1.807) is 11.3 Å². The molecule has 0 spiro atoms. The summed E-state index contributed by atoms with van der Waals surface area (Å²) in [5.41, 5.74) is 1.79. The molecule has 0 aromatic carbocycles. The van der Waals surface area contributed by atoms with Crippen molar-refractivity contribution in [1.82, 2.24) is 9.88 Å². The SMILES string of the molecule is CC(NCc1cc(C#N)n(C)c1)c1ccc(Cl)s1. The summed E-state index contributed by atoms with van der Waals surface area (Å²) < 4.78 is 2.65. The highest BCUT2D eigenvalue weighted by molar-refractivity contribution is 7.16. The van der Waals surface area contributed by atoms with Crippen molar-refractivity contribution in [2.45, 2.75) is 19.5 Å². The zero-order chi connectivity index (χ0) is 13.1. The first-order valence-corrected chi connectivity index (χ1v) is 6.83. The Morgan fingerprint density at radius 3 is 2.89 bits per heavy atom. The number of aryl methyl sites for hydroxylation is 1. The number of hydrogen-bond donors (Lipinski definition) is 1. The Bertz CT molecular complexity index is 579. The summed E-state index contributed by atoms with van der Waals surface area (Å²) in [6.45, 7) is 2.85. The monoisotopic (exact) mass is 279 g/mol. The van der Waals surface area contributed by atoms with Crippen molar-refractivity contribution < 1.29 is 0 Å². The fourth-order valence-electron chi connectivity index (χ4n) is 1.77. The molecule has 0 saturated carbocycles. The molecule has 2 aromatic heterocycles. The standard InChI is InChI=1S/C13H14ClN3S/c1-9(12-3-4-13(14)18-12)16-7-10-5-11(6-15)17(2)8-10/h3-5,8-9,16H,7H2,1-2H3. The number of rotatable bonds is 4. The molecule has 94 valence electrons. The molecular weight excluding hydrogens is 266 g/mol. The lowest BCUT2D eigenvalue weighted by molar-refractivity contribution is 0.582. The number of hydrogen-bond acceptors (Lipinski definition) is 3. The van der Waals surface area contributed by atoms with Crippen molar-refractivity contribution in [2.75, 3.05) is 0 Å². The van der Waals surface area contributed by atoms with Gasteiger partial charge in [0.2, 0.25) is 0 Å². The van der Waals surface area contributed by atoms with Gasteiger partial charge in [-0.3, -0.25) is 0 Å². The first-order chi connectivity index (χ1) is 8.60. The fraction of sp³-hybridized carbons (Fsp3) is 0.308. The van der Waals surface area contributed by atoms with Crippen molar-refractivity contribution in [3.63, 3.8) is 0 Å². The minimum atomic E-state index is 0.258. The smallest absolute Gasteiger partial charge is 0.120 e. The Balaban J connectivity index is 1.97. The molecule has 3 nitrogen and oxygen atoms in total. The van der Waals surface area contributed by atoms with Crippen LogP contribution in [0.25, 0.3) is 0 Å². The highest BCUT2D eigenvalue weighted by atomic mass is 35.5. The zero-order valence-corrected chi connectivity index (χ0v) is 11.8. The molecule has 0 aliphatic carbocycles. The first-order valence-electron chi connectivity index (χ1n) is 5.64. The van der Waals surface area contributed by atoms with Gasteiger partial charge in [0.25, 0.3) is 0 Å². The Morgan fingerprint density at radius 2 is 2.33 bits per heavy atom. The summed E-state index contributed by atoms with van der Waals surface area (Å²) in [5, 5.41) is 12.3. The molecule has 1 atom stereocenters. The summed E-state index contributed by atoms with van der Waals surface area (Å²) in [5.74, 6) is 0. The molecule has 0 amide bonds. The van der Waals surface area contributed by atoms with E-state index in [0.717, 1.165) is 16.4 Å². The quantitative estimate of drug-likeness (QED) is 0.931. The van der Waals surface area contributed by atoms with Gasteiger partial charge in [-0.15, -0.1) is 11.3 Å². The van der Waals surface area contributed by atoms with Gasteiger partial charge in [-0.25, -0.2) is 0 Å². The summed E-state index contributed by atoms with van der Waals surface area (Å²) in [7, 11) is 1.88. The summed E-state index contributed by atoms with van der Waals surface area (Å²) in [6.07, 6.45) is 1.97. The van der Waals surface area contributed by atoms with E-state index in [2.05, 4.69) is 18.3 Å². The second kappa shape index (κ2) is 5.57. The maximum Gasteiger partial charge on any atom is 0.120 e. The van der Waals surface area contributed by atoms with Crippen LogP contribution in [0.1, 0.15) is 29.1 Å². The number of halogens is 1. The zero-order valence-electron chi connectivity index (χ0n) is 10.3. The minimum Gasteiger partial charge on any atom is -0.342 e. The maximum atomic E-state index is 8.89. The van der Waals surface area contributed by atoms with Crippen LogP contribution in [-0.2, 0) is 13.6 Å². The minimum absolute atomic E-state index is 0.258. The molecule has 5 heteroatoms. The highest BCUT2D eigenvalue weighted by Crippen LogP contribution is 2.26. The normalized spacial score (nSPS) is 12.3. The van der Waals surface area contributed by atoms with Crippen LogP contribution in [0.5, 0.6) is 0 Å². The second-order valence-corrected chi connectivity index (χ2v) is 5.95. The van der Waals surface area contributed by atoms with Crippen molar-refractivity contribution in [3.8, 4) is 6.07 Å². The second-order valence-electron chi connectivity index (χ2n) is 4.20. The average Bonchev–Trinajstić information content (AvgIpc) is 2.92. The number of aromatic nitrogens is 1. The summed E-state index contributed by atoms with van der Waals surface area (Å²) in [4.78, 5) is 1.22. The van der Waals surface area contributed by atoms with Gasteiger partial charge in [0.05, 0.1) is 4.34 Å². The Kier molecular flexibility index (Phi) is 4.07. The Morgan fingerprint density at radius 1 is 1.56 bits per heavy atom. The molecule has 18 heavy (non-hydrogen) atoms. The van der Waals surface area contributed by atoms with Gasteiger partial charge in [-0.2, -0.15) is 5.26 Å². The number of nitriles is 1. The molecule has 2 rings (SSSR count). The summed E-state index contributed by atoms with van der Waals surface area (Å²) >= 11 is 7.51. The number of thiophene rings is 1. The lowest BCUT2D eigenvalue weighted by Gasteiger charge is -2.10. The lowest BCUT2D eigenvalue weighted by atomic mass is 10.2. The Hall–Kier alpha value is -1.28. The Labute approximate surface area is 116 Å². The van der Waals surface area contributed by atoms with Gasteiger partial charge in [0.15, 0.2) is 0 Å². The van der Waals surface area contributed by atoms with Crippen LogP contribution in [-0.4, -0.2) is 4.57 Å². The first kappa shape index (κ1) is 13.2. The van der Waals surface area contributed by atoms with Crippen LogP contribution in [0.15, 0.2) is 24.4 Å². The van der Waals surface area contributed by atoms with Gasteiger partial charge in [-0.1, -0.05) is 11.6 Å². The predicted octanol–water partition coefficient (Wildman–Crippen LogP) is 3.46. The van der Waals surface area contributed by atoms with Crippen LogP contribution in [0.4, 0.5) is 0 Å². The van der Waals surface area contributed by atoms with Gasteiger partial charge < -0.3 is 9.88 Å². The van der Waals surface area contributed by atoms with Crippen LogP contribution in [0.2, 0.25) is 4.34 Å². The largest absolute Gasteiger partial charge is 0.342 e. The van der Waals surface area contributed by atoms with E-state index in [9.17, 15) is 0 Å². The van der Waals surface area contributed by atoms with E-state index in [1.165, 1.54) is 4.88 Å². The van der Waals surface area contributed by atoms with Crippen LogP contribution in [0, 0.1) is 11.3 Å². The van der Waals surface area contributed by atoms with E-state index in [4.69, 9.17) is 16.9 Å². The van der Waals surface area contributed by atoms with E-state index in [1.807, 2.05) is 36.0 Å². The van der Waals surface area contributed by atoms with Gasteiger partial charge in [0, 0.05) is 30.7 Å². The molecule has 0 fully saturated rings. The summed E-state index contributed by atoms with van der Waals surface area (Å²) in [6, 6.07) is 8.27. The van der Waals surface area contributed by atoms with Crippen LogP contribution >= 0.6 is 22.9 Å². The van der Waals surface area contributed by atoms with Gasteiger partial charge in [0.1, 0.15) is 11.8 Å². The van der Waals surface area contributed by atoms with Crippen molar-refractivity contribution in [2.24, 2.45) is 7.05 Å². The third-order valence-electron chi connectivity index (χ3n) is 2.81. The van der Waals surface area contributed by atoms with Gasteiger partial charge in [-0.05, 0) is 30.7 Å². The topological polar surface area (TPSA) is 40.8 Å². The molecule has 0 bridgehead atoms. The predicted molar refractivity (Wildman–Crippen MR) is 74.7 cm³/mol. The molecule has 2 heterocycles. The van der Waals surface area contributed by atoms with Crippen molar-refractivity contribution in [3.05, 3.63) is 44.9 Å². The van der Waals surface area contributed by atoms with E-state index in [-0.39, 0.29) is 6.04 Å². The maximum absolute atomic E-state index is 8.89. The number of nitrogens with one attached hydrogen (secondary N) is 1. The molecule has 1 unspecified atom stereocenters. The molecule has 0 saturated heterocycles. The van der Waals surface area contributed by atoms with Crippen molar-refractivity contribution >= 4 is 22.9 Å². The third kappa shape index (κ3) is 2.94. The van der Waals surface area contributed by atoms with E-state index < -0.39 is 0 Å². The molecule has 0 radical (unpaired) electrons. The number of nitrogens with zero attached hydrogens (tertiary/aromatic N) is 2. The van der Waals surface area contributed by atoms with Crippen molar-refractivity contribution in [1.29, 1.82) is 5.26 Å². The van der Waals surface area contributed by atoms with E-state index in [0.29, 0.717) is 5.69 Å². The van der Waals surface area contributed by atoms with E-state index >= 15 is 0 Å². The molecular formula is C13H14ClN3S. The molecule has 0 aliphatic heterocycles. The lowest BCUT2D eigenvalue weighted by Crippen LogP contribution is -2.16. The van der Waals surface area contributed by atoms with Gasteiger partial charge >= 0.3 is 0 Å². The highest BCUT2D eigenvalue weighted by Gasteiger charge is 2.09. The molecule has 2 aromatic rings. The average molecular weight is 280 g/mol. The molecule has 0 aliphatic rings.